The van der Waals surface area contributed by atoms with Crippen LogP contribution >= 0.6 is 11.6 Å². The molecular weight excluding hydrogens is 571 g/mol. The maximum Gasteiger partial charge on any atom is 0.416 e. The number of nitrogens with one attached hydrogen (secondary N) is 1. The predicted molar refractivity (Wildman–Crippen MR) is 169 cm³/mol. The Morgan fingerprint density at radius 3 is 1.81 bits per heavy atom. The first kappa shape index (κ1) is 32.6. The highest BCUT2D eigenvalue weighted by atomic mass is 35.5. The molecule has 5 rings (SSSR count). The number of nitrogens with zero attached hydrogens (tertiary/aromatic N) is 2. The zero-order valence-corrected chi connectivity index (χ0v) is 25.4. The van der Waals surface area contributed by atoms with Gasteiger partial charge in [-0.25, -0.2) is 0 Å². The van der Waals surface area contributed by atoms with Crippen LogP contribution in [0.5, 0.6) is 5.75 Å². The monoisotopic (exact) mass is 609 g/mol. The van der Waals surface area contributed by atoms with E-state index in [-0.39, 0.29) is 6.10 Å². The fraction of sp³-hybridized carbons (Fsp3) is 0.314. The molecular formula is C35H39ClF3N3O. The third-order valence-corrected chi connectivity index (χ3v) is 7.74. The predicted octanol–water partition coefficient (Wildman–Crippen LogP) is 8.11. The van der Waals surface area contributed by atoms with E-state index < -0.39 is 11.7 Å². The number of alkyl halides is 3. The third kappa shape index (κ3) is 9.83. The van der Waals surface area contributed by atoms with Crippen molar-refractivity contribution < 1.29 is 17.9 Å². The van der Waals surface area contributed by atoms with Gasteiger partial charge >= 0.3 is 6.18 Å². The van der Waals surface area contributed by atoms with Crippen LogP contribution in [0.1, 0.15) is 40.8 Å². The average Bonchev–Trinajstić information content (AvgIpc) is 3.02. The Labute approximate surface area is 258 Å². The Balaban J connectivity index is 0.000000197. The van der Waals surface area contributed by atoms with Crippen LogP contribution in [-0.4, -0.2) is 56.6 Å². The second kappa shape index (κ2) is 15.9. The van der Waals surface area contributed by atoms with Crippen molar-refractivity contribution in [3.05, 3.63) is 136 Å². The Bertz CT molecular complexity index is 1350. The van der Waals surface area contributed by atoms with Gasteiger partial charge in [0.2, 0.25) is 0 Å². The third-order valence-electron chi connectivity index (χ3n) is 7.49. The van der Waals surface area contributed by atoms with Crippen molar-refractivity contribution in [1.29, 1.82) is 0 Å². The van der Waals surface area contributed by atoms with Crippen LogP contribution in [-0.2, 0) is 6.18 Å². The Kier molecular flexibility index (Phi) is 12.1. The van der Waals surface area contributed by atoms with Gasteiger partial charge in [-0.05, 0) is 73.7 Å². The van der Waals surface area contributed by atoms with E-state index >= 15 is 0 Å². The molecule has 8 heteroatoms. The average molecular weight is 610 g/mol. The molecule has 4 nitrogen and oxygen atoms in total. The van der Waals surface area contributed by atoms with Gasteiger partial charge in [0, 0.05) is 37.6 Å². The van der Waals surface area contributed by atoms with E-state index in [4.69, 9.17) is 16.3 Å². The number of benzene rings is 4. The molecule has 228 valence electrons. The topological polar surface area (TPSA) is 27.7 Å². The minimum absolute atomic E-state index is 0.203. The molecule has 1 N–H and O–H groups in total. The molecule has 0 bridgehead atoms. The van der Waals surface area contributed by atoms with Crippen LogP contribution in [0.3, 0.4) is 0 Å². The van der Waals surface area contributed by atoms with Crippen LogP contribution in [0, 0.1) is 0 Å². The zero-order valence-electron chi connectivity index (χ0n) is 24.6. The lowest BCUT2D eigenvalue weighted by Crippen LogP contribution is -2.46. The molecule has 1 aliphatic heterocycles. The molecule has 1 aliphatic rings. The molecule has 0 amide bonds. The molecule has 43 heavy (non-hydrogen) atoms. The highest BCUT2D eigenvalue weighted by Gasteiger charge is 2.30. The number of piperazine rings is 1. The van der Waals surface area contributed by atoms with E-state index in [2.05, 4.69) is 64.6 Å². The molecule has 0 radical (unpaired) electrons. The highest BCUT2D eigenvalue weighted by molar-refractivity contribution is 6.30. The number of hydrogen-bond acceptors (Lipinski definition) is 4. The fourth-order valence-electron chi connectivity index (χ4n) is 5.10. The first-order valence-corrected chi connectivity index (χ1v) is 14.9. The lowest BCUT2D eigenvalue weighted by molar-refractivity contribution is -0.137. The Hall–Kier alpha value is -3.36. The fourth-order valence-corrected chi connectivity index (χ4v) is 5.22. The van der Waals surface area contributed by atoms with Crippen LogP contribution in [0.25, 0.3) is 0 Å². The summed E-state index contributed by atoms with van der Waals surface area (Å²) in [4.78, 5) is 4.96. The van der Waals surface area contributed by atoms with Gasteiger partial charge in [-0.15, -0.1) is 0 Å². The maximum absolute atomic E-state index is 12.6. The van der Waals surface area contributed by atoms with Crippen molar-refractivity contribution in [2.24, 2.45) is 0 Å². The summed E-state index contributed by atoms with van der Waals surface area (Å²) in [5.74, 6) is 0.429. The van der Waals surface area contributed by atoms with Crippen LogP contribution in [0.15, 0.2) is 109 Å². The summed E-state index contributed by atoms with van der Waals surface area (Å²) < 4.78 is 43.6. The number of hydrogen-bond donors (Lipinski definition) is 1. The number of ether oxygens (including phenoxy) is 1. The van der Waals surface area contributed by atoms with Crippen molar-refractivity contribution in [3.63, 3.8) is 0 Å². The first-order valence-electron chi connectivity index (χ1n) is 14.5. The van der Waals surface area contributed by atoms with Gasteiger partial charge < -0.3 is 15.0 Å². The van der Waals surface area contributed by atoms with Gasteiger partial charge in [0.25, 0.3) is 0 Å². The van der Waals surface area contributed by atoms with E-state index in [0.717, 1.165) is 61.9 Å². The standard InChI is InChI=1S/C18H21ClN2.C17H18F3NO/c1-20-11-13-21(14-12-20)18(15-5-3-2-4-6-15)16-7-9-17(19)10-8-16;1-21-12-11-16(13-5-3-2-4-6-13)22-15-9-7-14(8-10-15)17(18,19)20/h2-10,18H,11-14H2,1H3;2-10,16,21H,11-12H2,1H3. The SMILES string of the molecule is CN1CCN(C(c2ccccc2)c2ccc(Cl)cc2)CC1.CNCCC(Oc1ccc(C(F)(F)F)cc1)c1ccccc1. The molecule has 0 aromatic heterocycles. The molecule has 1 fully saturated rings. The second-order valence-corrected chi connectivity index (χ2v) is 11.1. The molecule has 4 aromatic carbocycles. The normalized spacial score (nSPS) is 15.7. The van der Waals surface area contributed by atoms with E-state index in [1.807, 2.05) is 49.5 Å². The molecule has 0 saturated carbocycles. The summed E-state index contributed by atoms with van der Waals surface area (Å²) in [7, 11) is 4.04. The van der Waals surface area contributed by atoms with Gasteiger partial charge in [-0.2, -0.15) is 13.2 Å². The smallest absolute Gasteiger partial charge is 0.416 e. The lowest BCUT2D eigenvalue weighted by Gasteiger charge is -2.38. The summed E-state index contributed by atoms with van der Waals surface area (Å²) >= 11 is 6.05. The molecule has 4 aromatic rings. The summed E-state index contributed by atoms with van der Waals surface area (Å²) in [6.45, 7) is 5.19. The van der Waals surface area contributed by atoms with Crippen LogP contribution in [0.2, 0.25) is 5.02 Å². The molecule has 2 atom stereocenters. The minimum atomic E-state index is -4.33. The largest absolute Gasteiger partial charge is 0.486 e. The van der Waals surface area contributed by atoms with Crippen molar-refractivity contribution in [3.8, 4) is 5.75 Å². The Morgan fingerprint density at radius 2 is 1.28 bits per heavy atom. The number of rotatable bonds is 9. The van der Waals surface area contributed by atoms with Gasteiger partial charge in [0.05, 0.1) is 11.6 Å². The Morgan fingerprint density at radius 1 is 0.744 bits per heavy atom. The summed E-state index contributed by atoms with van der Waals surface area (Å²) in [6, 6.07) is 33.8. The summed E-state index contributed by atoms with van der Waals surface area (Å²) in [5, 5.41) is 3.85. The molecule has 1 heterocycles. The van der Waals surface area contributed by atoms with Crippen molar-refractivity contribution in [2.45, 2.75) is 24.7 Å². The zero-order chi connectivity index (χ0) is 30.7. The lowest BCUT2D eigenvalue weighted by atomic mass is 9.96. The van der Waals surface area contributed by atoms with Gasteiger partial charge in [0.15, 0.2) is 0 Å². The minimum Gasteiger partial charge on any atom is -0.486 e. The second-order valence-electron chi connectivity index (χ2n) is 10.6. The van der Waals surface area contributed by atoms with Crippen LogP contribution in [0.4, 0.5) is 13.2 Å². The quantitative estimate of drug-likeness (QED) is 0.207. The van der Waals surface area contributed by atoms with Crippen molar-refractivity contribution in [1.82, 2.24) is 15.1 Å². The van der Waals surface area contributed by atoms with E-state index in [1.165, 1.54) is 23.3 Å². The van der Waals surface area contributed by atoms with E-state index in [0.29, 0.717) is 11.8 Å². The summed E-state index contributed by atoms with van der Waals surface area (Å²) in [5.41, 5.74) is 2.99. The van der Waals surface area contributed by atoms with Crippen LogP contribution < -0.4 is 10.1 Å². The molecule has 2 unspecified atom stereocenters. The van der Waals surface area contributed by atoms with E-state index in [9.17, 15) is 13.2 Å². The molecule has 0 aliphatic carbocycles. The highest BCUT2D eigenvalue weighted by Crippen LogP contribution is 2.32. The molecule has 1 saturated heterocycles. The first-order chi connectivity index (χ1) is 20.7. The van der Waals surface area contributed by atoms with E-state index in [1.54, 1.807) is 0 Å². The van der Waals surface area contributed by atoms with Gasteiger partial charge in [0.1, 0.15) is 11.9 Å². The molecule has 0 spiro atoms. The number of likely N-dealkylation sites (N-methyl/N-ethyl adjacent to an activating group) is 1. The maximum atomic E-state index is 12.6. The van der Waals surface area contributed by atoms with Crippen molar-refractivity contribution >= 4 is 11.6 Å². The van der Waals surface area contributed by atoms with Gasteiger partial charge in [-0.3, -0.25) is 4.90 Å². The summed E-state index contributed by atoms with van der Waals surface area (Å²) in [6.07, 6.45) is -3.81. The van der Waals surface area contributed by atoms with Crippen molar-refractivity contribution in [2.75, 3.05) is 46.8 Å². The van der Waals surface area contributed by atoms with Gasteiger partial charge in [-0.1, -0.05) is 84.4 Å². The number of halogens is 4.